The number of benzene rings is 3. The Hall–Kier alpha value is -3.40. The van der Waals surface area contributed by atoms with Crippen molar-refractivity contribution in [2.75, 3.05) is 25.0 Å². The molecule has 1 saturated heterocycles. The van der Waals surface area contributed by atoms with Gasteiger partial charge >= 0.3 is 0 Å². The van der Waals surface area contributed by atoms with E-state index < -0.39 is 71.6 Å². The van der Waals surface area contributed by atoms with E-state index in [0.29, 0.717) is 11.1 Å². The van der Waals surface area contributed by atoms with Gasteiger partial charge in [0.25, 0.3) is 0 Å². The number of rotatable bonds is 14. The molecule has 0 bridgehead atoms. The van der Waals surface area contributed by atoms with E-state index in [1.807, 2.05) is 20.8 Å². The predicted octanol–water partition coefficient (Wildman–Crippen LogP) is 5.01. The van der Waals surface area contributed by atoms with Crippen LogP contribution in [0.1, 0.15) is 70.6 Å². The number of ether oxygens (including phenoxy) is 3. The van der Waals surface area contributed by atoms with Crippen molar-refractivity contribution < 1.29 is 47.5 Å². The van der Waals surface area contributed by atoms with Crippen molar-refractivity contribution in [2.45, 2.75) is 103 Å². The van der Waals surface area contributed by atoms with E-state index in [0.717, 1.165) is 0 Å². The summed E-state index contributed by atoms with van der Waals surface area (Å²) in [7, 11) is 0. The maximum atomic E-state index is 15.5. The van der Waals surface area contributed by atoms with E-state index in [2.05, 4.69) is 10.6 Å². The van der Waals surface area contributed by atoms with E-state index in [4.69, 9.17) is 14.2 Å². The fourth-order valence-corrected chi connectivity index (χ4v) is 6.00. The summed E-state index contributed by atoms with van der Waals surface area (Å²) in [5, 5.41) is 37.2. The van der Waals surface area contributed by atoms with Gasteiger partial charge in [-0.15, -0.1) is 0 Å². The Kier molecular flexibility index (Phi) is 13.8. The number of amides is 1. The summed E-state index contributed by atoms with van der Waals surface area (Å²) in [5.41, 5.74) is -0.135. The van der Waals surface area contributed by atoms with E-state index in [1.54, 1.807) is 31.7 Å². The normalized spacial score (nSPS) is 19.2. The first kappa shape index (κ1) is 40.4. The summed E-state index contributed by atoms with van der Waals surface area (Å²) in [4.78, 5) is 16.0. The highest BCUT2D eigenvalue weighted by Gasteiger charge is 2.36. The van der Waals surface area contributed by atoms with Gasteiger partial charge in [0.2, 0.25) is 18.7 Å². The van der Waals surface area contributed by atoms with Crippen molar-refractivity contribution in [1.82, 2.24) is 10.2 Å². The third-order valence-corrected chi connectivity index (χ3v) is 8.19. The van der Waals surface area contributed by atoms with Gasteiger partial charge in [-0.1, -0.05) is 30.3 Å². The van der Waals surface area contributed by atoms with Crippen molar-refractivity contribution >= 4 is 11.6 Å². The molecule has 1 amide bonds. The molecule has 280 valence electrons. The number of carbonyl (C=O) groups excluding carboxylic acids is 1. The second-order valence-corrected chi connectivity index (χ2v) is 14.7. The second-order valence-electron chi connectivity index (χ2n) is 14.7. The van der Waals surface area contributed by atoms with Gasteiger partial charge in [0, 0.05) is 30.3 Å². The molecule has 1 aliphatic rings. The minimum atomic E-state index is -1.64. The van der Waals surface area contributed by atoms with Crippen LogP contribution in [-0.4, -0.2) is 88.1 Å². The Bertz CT molecular complexity index is 1520. The van der Waals surface area contributed by atoms with Crippen molar-refractivity contribution in [3.63, 3.8) is 0 Å². The number of carbonyl (C=O) groups is 1. The first-order valence-corrected chi connectivity index (χ1v) is 17.0. The fraction of sp³-hybridized carbons (Fsp3) is 0.500. The number of aliphatic hydroxyl groups is 3. The summed E-state index contributed by atoms with van der Waals surface area (Å²) >= 11 is 0. The molecule has 13 heteroatoms. The number of halogens is 3. The van der Waals surface area contributed by atoms with Gasteiger partial charge in [-0.3, -0.25) is 15.0 Å². The quantitative estimate of drug-likeness (QED) is 0.146. The molecule has 5 N–H and O–H groups in total. The Balaban J connectivity index is 1.63. The van der Waals surface area contributed by atoms with E-state index in [1.165, 1.54) is 60.7 Å². The summed E-state index contributed by atoms with van der Waals surface area (Å²) in [6, 6.07) is 13.9. The molecule has 3 aromatic rings. The molecule has 10 nitrogen and oxygen atoms in total. The molecular weight excluding hydrogens is 667 g/mol. The summed E-state index contributed by atoms with van der Waals surface area (Å²) in [5.74, 6) is -3.15. The Morgan fingerprint density at radius 3 is 1.94 bits per heavy atom. The van der Waals surface area contributed by atoms with Crippen molar-refractivity contribution in [3.05, 3.63) is 101 Å². The number of hydrogen-bond donors (Lipinski definition) is 5. The highest BCUT2D eigenvalue weighted by atomic mass is 19.1. The molecule has 1 heterocycles. The first-order chi connectivity index (χ1) is 23.9. The number of nitrogens with zero attached hydrogens (tertiary/aromatic N) is 1. The molecule has 2 unspecified atom stereocenters. The van der Waals surface area contributed by atoms with E-state index in [9.17, 15) is 28.9 Å². The lowest BCUT2D eigenvalue weighted by molar-refractivity contribution is -0.265. The van der Waals surface area contributed by atoms with Crippen LogP contribution in [-0.2, 0) is 25.4 Å². The summed E-state index contributed by atoms with van der Waals surface area (Å²) < 4.78 is 60.9. The van der Waals surface area contributed by atoms with Gasteiger partial charge < -0.3 is 34.8 Å². The molecule has 3 aromatic carbocycles. The smallest absolute Gasteiger partial charge is 0.242 e. The van der Waals surface area contributed by atoms with Crippen LogP contribution in [0.15, 0.2) is 66.7 Å². The third-order valence-electron chi connectivity index (χ3n) is 8.19. The van der Waals surface area contributed by atoms with Crippen molar-refractivity contribution in [1.29, 1.82) is 0 Å². The van der Waals surface area contributed by atoms with Gasteiger partial charge in [-0.05, 0) is 102 Å². The molecule has 1 aliphatic heterocycles. The van der Waals surface area contributed by atoms with Crippen LogP contribution in [0.25, 0.3) is 0 Å². The molecule has 5 atom stereocenters. The van der Waals surface area contributed by atoms with E-state index >= 15 is 4.39 Å². The van der Waals surface area contributed by atoms with Gasteiger partial charge in [-0.25, -0.2) is 13.2 Å². The lowest BCUT2D eigenvalue weighted by atomic mass is 9.84. The molecule has 51 heavy (non-hydrogen) atoms. The number of morpholine rings is 1. The number of hydrogen-bond acceptors (Lipinski definition) is 9. The maximum Gasteiger partial charge on any atom is 0.242 e. The molecule has 0 radical (unpaired) electrons. The standard InChI is InChI=1S/C38H50F3N3O7/c1-37(2,3)50-35(47)43-33(32(23-10-14-25(39)15-11-23)24-12-16-26(40)17-13-24)34(46)42-31-9-7-8-30(41)29(31)19-18-27-20-44(21-28(22-45)49-27)36(48)51-38(4,5)6/h7-17,27-28,32-33,35-36,43,45,47-48H,18-22H2,1-6H3,(H,42,46)/t27-,28+,33+,35?,36?/m1/s1. The van der Waals surface area contributed by atoms with Crippen LogP contribution < -0.4 is 10.6 Å². The van der Waals surface area contributed by atoms with Crippen LogP contribution in [0.2, 0.25) is 0 Å². The first-order valence-electron chi connectivity index (χ1n) is 17.0. The van der Waals surface area contributed by atoms with Crippen LogP contribution >= 0.6 is 0 Å². The van der Waals surface area contributed by atoms with Crippen molar-refractivity contribution in [3.8, 4) is 0 Å². The molecule has 0 spiro atoms. The zero-order valence-electron chi connectivity index (χ0n) is 29.9. The van der Waals surface area contributed by atoms with Crippen molar-refractivity contribution in [2.24, 2.45) is 0 Å². The lowest BCUT2D eigenvalue weighted by Gasteiger charge is -2.41. The largest absolute Gasteiger partial charge is 0.394 e. The van der Waals surface area contributed by atoms with Gasteiger partial charge in [0.1, 0.15) is 23.5 Å². The minimum absolute atomic E-state index is 0.113. The average Bonchev–Trinajstić information content (AvgIpc) is 3.04. The Morgan fingerprint density at radius 1 is 0.863 bits per heavy atom. The summed E-state index contributed by atoms with van der Waals surface area (Å²) in [6.45, 7) is 10.8. The lowest BCUT2D eigenvalue weighted by Crippen LogP contribution is -2.54. The molecule has 0 saturated carbocycles. The second kappa shape index (κ2) is 17.4. The minimum Gasteiger partial charge on any atom is -0.394 e. The summed E-state index contributed by atoms with van der Waals surface area (Å²) in [6.07, 6.45) is -3.62. The highest BCUT2D eigenvalue weighted by molar-refractivity contribution is 5.96. The maximum absolute atomic E-state index is 15.5. The Labute approximate surface area is 297 Å². The van der Waals surface area contributed by atoms with Crippen LogP contribution in [0, 0.1) is 17.5 Å². The Morgan fingerprint density at radius 2 is 1.41 bits per heavy atom. The topological polar surface area (TPSA) is 133 Å². The predicted molar refractivity (Wildman–Crippen MR) is 186 cm³/mol. The zero-order valence-corrected chi connectivity index (χ0v) is 29.9. The third kappa shape index (κ3) is 12.1. The molecule has 0 aromatic heterocycles. The number of nitrogens with one attached hydrogen (secondary N) is 2. The molecule has 4 rings (SSSR count). The number of anilines is 1. The average molecular weight is 718 g/mol. The zero-order chi connectivity index (χ0) is 37.5. The SMILES string of the molecule is CC(C)(C)OC(O)N[C@H](C(=O)Nc1cccc(F)c1CC[C@@H]1CN(C(O)OC(C)(C)C)C[C@@H](CO)O1)C(c1ccc(F)cc1)c1ccc(F)cc1. The van der Waals surface area contributed by atoms with Crippen LogP contribution in [0.3, 0.4) is 0 Å². The molecule has 0 aliphatic carbocycles. The van der Waals surface area contributed by atoms with E-state index in [-0.39, 0.29) is 43.8 Å². The monoisotopic (exact) mass is 717 g/mol. The number of aliphatic hydroxyl groups excluding tert-OH is 3. The van der Waals surface area contributed by atoms with Gasteiger partial charge in [0.15, 0.2) is 0 Å². The van der Waals surface area contributed by atoms with Crippen LogP contribution in [0.5, 0.6) is 0 Å². The van der Waals surface area contributed by atoms with Gasteiger partial charge in [-0.2, -0.15) is 0 Å². The van der Waals surface area contributed by atoms with Gasteiger partial charge in [0.05, 0.1) is 30.0 Å². The molecule has 1 fully saturated rings. The van der Waals surface area contributed by atoms with Crippen LogP contribution in [0.4, 0.5) is 18.9 Å². The highest BCUT2D eigenvalue weighted by Crippen LogP contribution is 2.32. The fourth-order valence-electron chi connectivity index (χ4n) is 6.00. The molecular formula is C38H50F3N3O7.